The SMILES string of the molecule is CC(=O)NNC(=O)C(Cc1c[nH]c2ccccc12)OC(N)=O. The number of aromatic amines is 1. The lowest BCUT2D eigenvalue weighted by atomic mass is 10.1. The van der Waals surface area contributed by atoms with Crippen LogP contribution in [-0.4, -0.2) is 29.0 Å². The van der Waals surface area contributed by atoms with Gasteiger partial charge in [0.1, 0.15) is 0 Å². The Bertz CT molecular complexity index is 710. The number of carbonyl (C=O) groups excluding carboxylic acids is 3. The number of para-hydroxylation sites is 1. The first-order chi connectivity index (χ1) is 10.5. The highest BCUT2D eigenvalue weighted by atomic mass is 16.6. The number of H-pyrrole nitrogens is 1. The van der Waals surface area contributed by atoms with Gasteiger partial charge in [0.25, 0.3) is 5.91 Å². The zero-order valence-corrected chi connectivity index (χ0v) is 11.9. The fourth-order valence-corrected chi connectivity index (χ4v) is 2.06. The minimum Gasteiger partial charge on any atom is -0.436 e. The highest BCUT2D eigenvalue weighted by molar-refractivity contribution is 5.88. The predicted octanol–water partition coefficient (Wildman–Crippen LogP) is 0.342. The number of primary amides is 1. The van der Waals surface area contributed by atoms with Crippen LogP contribution in [0.25, 0.3) is 10.9 Å². The maximum Gasteiger partial charge on any atom is 0.405 e. The van der Waals surface area contributed by atoms with Gasteiger partial charge in [0.2, 0.25) is 5.91 Å². The van der Waals surface area contributed by atoms with Gasteiger partial charge < -0.3 is 15.5 Å². The lowest BCUT2D eigenvalue weighted by Crippen LogP contribution is -2.48. The summed E-state index contributed by atoms with van der Waals surface area (Å²) in [7, 11) is 0. The fourth-order valence-electron chi connectivity index (χ4n) is 2.06. The van der Waals surface area contributed by atoms with Crippen molar-refractivity contribution in [3.63, 3.8) is 0 Å². The lowest BCUT2D eigenvalue weighted by Gasteiger charge is -2.16. The summed E-state index contributed by atoms with van der Waals surface area (Å²) < 4.78 is 4.83. The summed E-state index contributed by atoms with van der Waals surface area (Å²) in [5.41, 5.74) is 11.0. The van der Waals surface area contributed by atoms with Crippen LogP contribution in [0.2, 0.25) is 0 Å². The topological polar surface area (TPSA) is 126 Å². The molecule has 3 amide bonds. The third-order valence-corrected chi connectivity index (χ3v) is 2.99. The van der Waals surface area contributed by atoms with Gasteiger partial charge in [0.15, 0.2) is 6.10 Å². The minimum atomic E-state index is -1.15. The summed E-state index contributed by atoms with van der Waals surface area (Å²) in [6, 6.07) is 7.51. The van der Waals surface area contributed by atoms with Crippen LogP contribution in [0.1, 0.15) is 12.5 Å². The molecule has 1 atom stereocenters. The summed E-state index contributed by atoms with van der Waals surface area (Å²) in [5.74, 6) is -1.11. The van der Waals surface area contributed by atoms with Gasteiger partial charge in [0, 0.05) is 30.4 Å². The maximum absolute atomic E-state index is 12.0. The largest absolute Gasteiger partial charge is 0.436 e. The van der Waals surface area contributed by atoms with E-state index in [1.54, 1.807) is 6.20 Å². The van der Waals surface area contributed by atoms with E-state index in [0.29, 0.717) is 0 Å². The van der Waals surface area contributed by atoms with Crippen molar-refractivity contribution in [1.82, 2.24) is 15.8 Å². The van der Waals surface area contributed by atoms with Gasteiger partial charge in [-0.3, -0.25) is 20.4 Å². The van der Waals surface area contributed by atoms with Gasteiger partial charge >= 0.3 is 6.09 Å². The second-order valence-electron chi connectivity index (χ2n) is 4.66. The van der Waals surface area contributed by atoms with Gasteiger partial charge in [-0.2, -0.15) is 0 Å². The van der Waals surface area contributed by atoms with Crippen LogP contribution in [0.3, 0.4) is 0 Å². The Labute approximate surface area is 126 Å². The van der Waals surface area contributed by atoms with E-state index >= 15 is 0 Å². The number of carbonyl (C=O) groups is 3. The molecule has 0 aliphatic heterocycles. The molecule has 0 aliphatic rings. The zero-order chi connectivity index (χ0) is 16.1. The summed E-state index contributed by atoms with van der Waals surface area (Å²) in [6.07, 6.45) is -0.363. The van der Waals surface area contributed by atoms with Gasteiger partial charge in [-0.25, -0.2) is 4.79 Å². The monoisotopic (exact) mass is 304 g/mol. The molecule has 0 saturated carbocycles. The van der Waals surface area contributed by atoms with Gasteiger partial charge in [-0.15, -0.1) is 0 Å². The molecule has 8 heteroatoms. The van der Waals surface area contributed by atoms with Crippen molar-refractivity contribution in [2.45, 2.75) is 19.4 Å². The van der Waals surface area contributed by atoms with Crippen LogP contribution < -0.4 is 16.6 Å². The molecule has 0 fully saturated rings. The third kappa shape index (κ3) is 3.75. The van der Waals surface area contributed by atoms with E-state index in [1.165, 1.54) is 6.92 Å². The number of hydrogen-bond acceptors (Lipinski definition) is 4. The third-order valence-electron chi connectivity index (χ3n) is 2.99. The molecule has 0 aliphatic carbocycles. The highest BCUT2D eigenvalue weighted by Gasteiger charge is 2.24. The van der Waals surface area contributed by atoms with E-state index in [-0.39, 0.29) is 6.42 Å². The first-order valence-electron chi connectivity index (χ1n) is 6.55. The number of benzene rings is 1. The first kappa shape index (κ1) is 15.4. The average molecular weight is 304 g/mol. The van der Waals surface area contributed by atoms with E-state index in [2.05, 4.69) is 15.8 Å². The molecule has 5 N–H and O–H groups in total. The number of nitrogens with two attached hydrogens (primary N) is 1. The summed E-state index contributed by atoms with van der Waals surface area (Å²) in [6.45, 7) is 1.24. The molecule has 0 spiro atoms. The Morgan fingerprint density at radius 3 is 2.68 bits per heavy atom. The molecule has 2 rings (SSSR count). The molecule has 1 aromatic carbocycles. The van der Waals surface area contributed by atoms with Crippen LogP contribution in [0.4, 0.5) is 4.79 Å². The molecule has 1 heterocycles. The normalized spacial score (nSPS) is 11.7. The van der Waals surface area contributed by atoms with Gasteiger partial charge in [-0.1, -0.05) is 18.2 Å². The van der Waals surface area contributed by atoms with Crippen LogP contribution in [-0.2, 0) is 20.7 Å². The Morgan fingerprint density at radius 1 is 1.27 bits per heavy atom. The van der Waals surface area contributed by atoms with E-state index < -0.39 is 24.0 Å². The molecule has 22 heavy (non-hydrogen) atoms. The van der Waals surface area contributed by atoms with E-state index in [0.717, 1.165) is 16.5 Å². The van der Waals surface area contributed by atoms with E-state index in [1.807, 2.05) is 24.3 Å². The second-order valence-corrected chi connectivity index (χ2v) is 4.66. The Hall–Kier alpha value is -3.03. The molecule has 0 bridgehead atoms. The molecular formula is C14H16N4O4. The van der Waals surface area contributed by atoms with Crippen molar-refractivity contribution in [1.29, 1.82) is 0 Å². The number of fused-ring (bicyclic) bond motifs is 1. The molecule has 2 aromatic rings. The van der Waals surface area contributed by atoms with Crippen LogP contribution >= 0.6 is 0 Å². The predicted molar refractivity (Wildman–Crippen MR) is 78.4 cm³/mol. The van der Waals surface area contributed by atoms with E-state index in [4.69, 9.17) is 10.5 Å². The van der Waals surface area contributed by atoms with Crippen molar-refractivity contribution >= 4 is 28.8 Å². The number of hydrazine groups is 1. The van der Waals surface area contributed by atoms with Gasteiger partial charge in [0.05, 0.1) is 0 Å². The number of hydrogen-bond donors (Lipinski definition) is 4. The second kappa shape index (κ2) is 6.61. The summed E-state index contributed by atoms with van der Waals surface area (Å²) in [4.78, 5) is 36.8. The molecule has 1 unspecified atom stereocenters. The standard InChI is InChI=1S/C14H16N4O4/c1-8(19)17-18-13(20)12(22-14(15)21)6-9-7-16-11-5-3-2-4-10(9)11/h2-5,7,12,16H,6H2,1H3,(H2,15,21)(H,17,19)(H,18,20). The molecule has 0 saturated heterocycles. The average Bonchev–Trinajstić information content (AvgIpc) is 2.87. The zero-order valence-electron chi connectivity index (χ0n) is 11.9. The van der Waals surface area contributed by atoms with Gasteiger partial charge in [-0.05, 0) is 11.6 Å². The highest BCUT2D eigenvalue weighted by Crippen LogP contribution is 2.19. The van der Waals surface area contributed by atoms with Crippen molar-refractivity contribution in [2.24, 2.45) is 5.73 Å². The molecule has 0 radical (unpaired) electrons. The lowest BCUT2D eigenvalue weighted by molar-refractivity contribution is -0.133. The Kier molecular flexibility index (Phi) is 4.62. The van der Waals surface area contributed by atoms with Crippen LogP contribution in [0.5, 0.6) is 0 Å². The summed E-state index contributed by atoms with van der Waals surface area (Å²) >= 11 is 0. The van der Waals surface area contributed by atoms with Crippen molar-refractivity contribution < 1.29 is 19.1 Å². The van der Waals surface area contributed by atoms with Crippen molar-refractivity contribution in [3.05, 3.63) is 36.0 Å². The molecule has 8 nitrogen and oxygen atoms in total. The van der Waals surface area contributed by atoms with Crippen molar-refractivity contribution in [2.75, 3.05) is 0 Å². The van der Waals surface area contributed by atoms with Crippen molar-refractivity contribution in [3.8, 4) is 0 Å². The number of nitrogens with one attached hydrogen (secondary N) is 3. The first-order valence-corrected chi connectivity index (χ1v) is 6.55. The number of ether oxygens (including phenoxy) is 1. The number of amides is 3. The van der Waals surface area contributed by atoms with Crippen LogP contribution in [0.15, 0.2) is 30.5 Å². The van der Waals surface area contributed by atoms with Crippen LogP contribution in [0, 0.1) is 0 Å². The summed E-state index contributed by atoms with van der Waals surface area (Å²) in [5, 5.41) is 0.910. The number of rotatable bonds is 4. The minimum absolute atomic E-state index is 0.123. The Balaban J connectivity index is 2.17. The number of aromatic nitrogens is 1. The van der Waals surface area contributed by atoms with E-state index in [9.17, 15) is 14.4 Å². The molecule has 116 valence electrons. The fraction of sp³-hybridized carbons (Fsp3) is 0.214. The molecule has 1 aromatic heterocycles. The quantitative estimate of drug-likeness (QED) is 0.607. The smallest absolute Gasteiger partial charge is 0.405 e. The molecular weight excluding hydrogens is 288 g/mol. The maximum atomic E-state index is 12.0. The Morgan fingerprint density at radius 2 is 2.00 bits per heavy atom.